The van der Waals surface area contributed by atoms with Gasteiger partial charge < -0.3 is 5.73 Å². The fraction of sp³-hybridized carbons (Fsp3) is 1.00. The molecule has 1 saturated heterocycles. The lowest BCUT2D eigenvalue weighted by Crippen LogP contribution is -2.53. The molecule has 1 heterocycles. The average molecular weight is 224 g/mol. The third-order valence-corrected chi connectivity index (χ3v) is 4.60. The number of hydrogen-bond donors (Lipinski definition) is 1. The summed E-state index contributed by atoms with van der Waals surface area (Å²) in [6.45, 7) is 3.64. The van der Waals surface area contributed by atoms with Gasteiger partial charge in [-0.2, -0.15) is 0 Å². The fourth-order valence-electron chi connectivity index (χ4n) is 3.63. The van der Waals surface area contributed by atoms with Crippen molar-refractivity contribution < 1.29 is 0 Å². The Labute approximate surface area is 101 Å². The van der Waals surface area contributed by atoms with E-state index in [1.807, 2.05) is 0 Å². The van der Waals surface area contributed by atoms with Crippen molar-refractivity contribution in [3.63, 3.8) is 0 Å². The molecule has 2 nitrogen and oxygen atoms in total. The van der Waals surface area contributed by atoms with E-state index in [1.54, 1.807) is 0 Å². The van der Waals surface area contributed by atoms with Crippen LogP contribution in [0.15, 0.2) is 0 Å². The molecular formula is C14H28N2. The van der Waals surface area contributed by atoms with E-state index < -0.39 is 0 Å². The molecule has 0 aromatic heterocycles. The second-order valence-corrected chi connectivity index (χ2v) is 5.66. The van der Waals surface area contributed by atoms with Crippen LogP contribution in [0, 0.1) is 0 Å². The minimum absolute atomic E-state index is 0.439. The number of hydrogen-bond acceptors (Lipinski definition) is 2. The van der Waals surface area contributed by atoms with Gasteiger partial charge in [0.2, 0.25) is 0 Å². The first-order chi connectivity index (χ1) is 7.83. The number of nitrogens with two attached hydrogens (primary N) is 1. The molecule has 1 saturated carbocycles. The van der Waals surface area contributed by atoms with Gasteiger partial charge in [-0.3, -0.25) is 4.90 Å². The topological polar surface area (TPSA) is 29.3 Å². The first-order valence-corrected chi connectivity index (χ1v) is 7.34. The second-order valence-electron chi connectivity index (χ2n) is 5.66. The highest BCUT2D eigenvalue weighted by Crippen LogP contribution is 2.28. The van der Waals surface area contributed by atoms with Gasteiger partial charge in [0.25, 0.3) is 0 Å². The zero-order chi connectivity index (χ0) is 11.4. The molecule has 0 bridgehead atoms. The van der Waals surface area contributed by atoms with Gasteiger partial charge in [0.15, 0.2) is 0 Å². The van der Waals surface area contributed by atoms with E-state index in [2.05, 4.69) is 11.8 Å². The van der Waals surface area contributed by atoms with Crippen LogP contribution in [0.5, 0.6) is 0 Å². The third-order valence-electron chi connectivity index (χ3n) is 4.60. The summed E-state index contributed by atoms with van der Waals surface area (Å²) < 4.78 is 0. The van der Waals surface area contributed by atoms with E-state index in [-0.39, 0.29) is 0 Å². The van der Waals surface area contributed by atoms with Crippen LogP contribution in [-0.4, -0.2) is 29.6 Å². The lowest BCUT2D eigenvalue weighted by molar-refractivity contribution is 0.0732. The summed E-state index contributed by atoms with van der Waals surface area (Å²) in [7, 11) is 0. The van der Waals surface area contributed by atoms with Crippen LogP contribution in [-0.2, 0) is 0 Å². The van der Waals surface area contributed by atoms with Gasteiger partial charge in [0.05, 0.1) is 0 Å². The number of piperidine rings is 1. The van der Waals surface area contributed by atoms with Gasteiger partial charge in [-0.05, 0) is 38.6 Å². The van der Waals surface area contributed by atoms with Gasteiger partial charge in [-0.25, -0.2) is 0 Å². The molecule has 94 valence electrons. The highest BCUT2D eigenvalue weighted by molar-refractivity contribution is 4.89. The highest BCUT2D eigenvalue weighted by atomic mass is 15.2. The van der Waals surface area contributed by atoms with Crippen molar-refractivity contribution in [1.29, 1.82) is 0 Å². The van der Waals surface area contributed by atoms with E-state index in [4.69, 9.17) is 5.73 Å². The fourth-order valence-corrected chi connectivity index (χ4v) is 3.63. The summed E-state index contributed by atoms with van der Waals surface area (Å²) in [5.41, 5.74) is 6.39. The predicted molar refractivity (Wildman–Crippen MR) is 69.5 cm³/mol. The monoisotopic (exact) mass is 224 g/mol. The molecule has 2 fully saturated rings. The maximum atomic E-state index is 6.39. The molecule has 1 aliphatic carbocycles. The molecule has 2 N–H and O–H groups in total. The average Bonchev–Trinajstić information content (AvgIpc) is 2.54. The quantitative estimate of drug-likeness (QED) is 0.731. The van der Waals surface area contributed by atoms with Gasteiger partial charge in [0, 0.05) is 18.1 Å². The molecule has 0 aromatic carbocycles. The van der Waals surface area contributed by atoms with Crippen molar-refractivity contribution in [2.24, 2.45) is 5.73 Å². The van der Waals surface area contributed by atoms with Crippen molar-refractivity contribution in [1.82, 2.24) is 4.90 Å². The maximum absolute atomic E-state index is 6.39. The van der Waals surface area contributed by atoms with Crippen LogP contribution in [0.4, 0.5) is 0 Å². The molecule has 3 unspecified atom stereocenters. The Morgan fingerprint density at radius 1 is 1.00 bits per heavy atom. The third kappa shape index (κ3) is 2.78. The van der Waals surface area contributed by atoms with E-state index in [0.717, 1.165) is 6.04 Å². The summed E-state index contributed by atoms with van der Waals surface area (Å²) in [6.07, 6.45) is 12.3. The summed E-state index contributed by atoms with van der Waals surface area (Å²) in [4.78, 5) is 2.76. The molecule has 2 aliphatic rings. The highest BCUT2D eigenvalue weighted by Gasteiger charge is 2.31. The standard InChI is InChI=1S/C14H28N2/c1-2-12-8-6-7-11-16(12)14-10-5-3-4-9-13(14)15/h12-14H,2-11,15H2,1H3. The first kappa shape index (κ1) is 12.4. The summed E-state index contributed by atoms with van der Waals surface area (Å²) in [5.74, 6) is 0. The van der Waals surface area contributed by atoms with Crippen LogP contribution in [0.3, 0.4) is 0 Å². The zero-order valence-corrected chi connectivity index (χ0v) is 10.8. The molecule has 0 radical (unpaired) electrons. The Kier molecular flexibility index (Phi) is 4.66. The number of rotatable bonds is 2. The van der Waals surface area contributed by atoms with Gasteiger partial charge in [-0.1, -0.05) is 32.6 Å². The number of likely N-dealkylation sites (tertiary alicyclic amines) is 1. The Bertz CT molecular complexity index is 205. The van der Waals surface area contributed by atoms with Crippen LogP contribution in [0.25, 0.3) is 0 Å². The van der Waals surface area contributed by atoms with E-state index in [9.17, 15) is 0 Å². The molecule has 0 aromatic rings. The second kappa shape index (κ2) is 6.02. The molecule has 16 heavy (non-hydrogen) atoms. The minimum Gasteiger partial charge on any atom is -0.326 e. The van der Waals surface area contributed by atoms with E-state index in [1.165, 1.54) is 64.3 Å². The molecule has 1 aliphatic heterocycles. The summed E-state index contributed by atoms with van der Waals surface area (Å²) in [5, 5.41) is 0. The molecular weight excluding hydrogens is 196 g/mol. The van der Waals surface area contributed by atoms with Gasteiger partial charge in [0.1, 0.15) is 0 Å². The van der Waals surface area contributed by atoms with Crippen molar-refractivity contribution in [2.45, 2.75) is 82.8 Å². The molecule has 3 atom stereocenters. The van der Waals surface area contributed by atoms with Crippen molar-refractivity contribution >= 4 is 0 Å². The van der Waals surface area contributed by atoms with Gasteiger partial charge >= 0.3 is 0 Å². The Hall–Kier alpha value is -0.0800. The normalized spacial score (nSPS) is 38.2. The van der Waals surface area contributed by atoms with Crippen LogP contribution < -0.4 is 5.73 Å². The number of nitrogens with zero attached hydrogens (tertiary/aromatic N) is 1. The van der Waals surface area contributed by atoms with Crippen molar-refractivity contribution in [3.8, 4) is 0 Å². The Balaban J connectivity index is 2.01. The molecule has 2 heteroatoms. The van der Waals surface area contributed by atoms with E-state index >= 15 is 0 Å². The summed E-state index contributed by atoms with van der Waals surface area (Å²) >= 11 is 0. The van der Waals surface area contributed by atoms with Crippen LogP contribution in [0.1, 0.15) is 64.7 Å². The van der Waals surface area contributed by atoms with Crippen molar-refractivity contribution in [3.05, 3.63) is 0 Å². The Morgan fingerprint density at radius 2 is 1.75 bits per heavy atom. The SMILES string of the molecule is CCC1CCCCN1C1CCCCCC1N. The summed E-state index contributed by atoms with van der Waals surface area (Å²) in [6, 6.07) is 1.95. The van der Waals surface area contributed by atoms with Crippen molar-refractivity contribution in [2.75, 3.05) is 6.54 Å². The Morgan fingerprint density at radius 3 is 2.56 bits per heavy atom. The largest absolute Gasteiger partial charge is 0.326 e. The minimum atomic E-state index is 0.439. The lowest BCUT2D eigenvalue weighted by atomic mass is 9.93. The zero-order valence-electron chi connectivity index (χ0n) is 10.8. The first-order valence-electron chi connectivity index (χ1n) is 7.34. The van der Waals surface area contributed by atoms with Crippen LogP contribution in [0.2, 0.25) is 0 Å². The molecule has 0 spiro atoms. The lowest BCUT2D eigenvalue weighted by Gasteiger charge is -2.43. The molecule has 0 amide bonds. The maximum Gasteiger partial charge on any atom is 0.0250 e. The molecule has 2 rings (SSSR count). The van der Waals surface area contributed by atoms with Crippen LogP contribution >= 0.6 is 0 Å². The van der Waals surface area contributed by atoms with E-state index in [0.29, 0.717) is 12.1 Å². The van der Waals surface area contributed by atoms with Gasteiger partial charge in [-0.15, -0.1) is 0 Å². The predicted octanol–water partition coefficient (Wildman–Crippen LogP) is 2.91. The smallest absolute Gasteiger partial charge is 0.0250 e.